The second-order valence-corrected chi connectivity index (χ2v) is 12.3. The number of hydrogen-bond acceptors (Lipinski definition) is 8. The van der Waals surface area contributed by atoms with Crippen LogP contribution in [0.15, 0.2) is 115 Å². The number of allylic oxidation sites excluding steroid dienone is 1. The van der Waals surface area contributed by atoms with E-state index in [9.17, 15) is 19.5 Å². The van der Waals surface area contributed by atoms with Gasteiger partial charge in [0.05, 0.1) is 17.6 Å². The molecular formula is C39H36N2O7. The fraction of sp³-hybridized carbons (Fsp3) is 0.256. The predicted molar refractivity (Wildman–Crippen MR) is 177 cm³/mol. The molecule has 1 amide bonds. The Morgan fingerprint density at radius 2 is 1.54 bits per heavy atom. The molecule has 9 nitrogen and oxygen atoms in total. The quantitative estimate of drug-likeness (QED) is 0.233. The number of nitrogens with zero attached hydrogens (tertiary/aromatic N) is 1. The van der Waals surface area contributed by atoms with Crippen LogP contribution in [0.4, 0.5) is 0 Å². The van der Waals surface area contributed by atoms with Crippen LogP contribution in [-0.2, 0) is 27.2 Å². The first-order valence-corrected chi connectivity index (χ1v) is 16.2. The molecule has 2 N–H and O–H groups in total. The summed E-state index contributed by atoms with van der Waals surface area (Å²) in [5, 5.41) is 14.5. The zero-order valence-electron chi connectivity index (χ0n) is 26.2. The van der Waals surface area contributed by atoms with E-state index in [2.05, 4.69) is 10.2 Å². The van der Waals surface area contributed by atoms with Crippen molar-refractivity contribution in [3.8, 4) is 5.75 Å². The molecule has 3 aliphatic heterocycles. The van der Waals surface area contributed by atoms with Crippen molar-refractivity contribution in [2.24, 2.45) is 0 Å². The smallest absolute Gasteiger partial charge is 0.338 e. The minimum Gasteiger partial charge on any atom is -0.489 e. The lowest BCUT2D eigenvalue weighted by molar-refractivity contribution is -0.160. The first kappa shape index (κ1) is 31.4. The number of carbonyl (C=O) groups excluding carboxylic acids is 3. The molecule has 4 aromatic rings. The molecule has 4 aromatic carbocycles. The van der Waals surface area contributed by atoms with Gasteiger partial charge in [-0.15, -0.1) is 0 Å². The first-order valence-electron chi connectivity index (χ1n) is 16.2. The second kappa shape index (κ2) is 13.9. The maximum Gasteiger partial charge on any atom is 0.338 e. The molecule has 0 aromatic heterocycles. The van der Waals surface area contributed by atoms with Crippen molar-refractivity contribution in [2.45, 2.75) is 49.8 Å². The predicted octanol–water partition coefficient (Wildman–Crippen LogP) is 5.11. The third-order valence-corrected chi connectivity index (χ3v) is 9.21. The summed E-state index contributed by atoms with van der Waals surface area (Å²) in [6, 6.07) is 29.3. The van der Waals surface area contributed by atoms with Gasteiger partial charge in [-0.05, 0) is 53.4 Å². The number of carbonyl (C=O) groups is 3. The average Bonchev–Trinajstić information content (AvgIpc) is 3.52. The van der Waals surface area contributed by atoms with Gasteiger partial charge in [0.15, 0.2) is 6.10 Å². The Morgan fingerprint density at radius 1 is 0.833 bits per heavy atom. The summed E-state index contributed by atoms with van der Waals surface area (Å²) in [5.41, 5.74) is 4.04. The van der Waals surface area contributed by atoms with E-state index in [1.807, 2.05) is 60.7 Å². The molecule has 1 saturated heterocycles. The molecular weight excluding hydrogens is 608 g/mol. The first-order chi connectivity index (χ1) is 23.5. The van der Waals surface area contributed by atoms with Crippen LogP contribution in [0.5, 0.6) is 5.75 Å². The summed E-state index contributed by atoms with van der Waals surface area (Å²) in [6.45, 7) is 1.20. The molecule has 0 saturated carbocycles. The highest BCUT2D eigenvalue weighted by Crippen LogP contribution is 2.45. The van der Waals surface area contributed by atoms with E-state index in [1.54, 1.807) is 54.6 Å². The summed E-state index contributed by atoms with van der Waals surface area (Å²) < 4.78 is 18.5. The van der Waals surface area contributed by atoms with E-state index in [4.69, 9.17) is 14.2 Å². The lowest BCUT2D eigenvalue weighted by atomic mass is 9.90. The maximum absolute atomic E-state index is 13.7. The number of ether oxygens (including phenoxy) is 3. The van der Waals surface area contributed by atoms with Gasteiger partial charge in [-0.25, -0.2) is 9.59 Å². The van der Waals surface area contributed by atoms with Gasteiger partial charge in [-0.3, -0.25) is 9.69 Å². The molecule has 0 aliphatic carbocycles. The fourth-order valence-electron chi connectivity index (χ4n) is 6.91. The summed E-state index contributed by atoms with van der Waals surface area (Å²) in [7, 11) is 0. The van der Waals surface area contributed by atoms with E-state index in [0.717, 1.165) is 16.7 Å². The molecule has 0 radical (unpaired) electrons. The zero-order valence-corrected chi connectivity index (χ0v) is 26.2. The van der Waals surface area contributed by atoms with Gasteiger partial charge in [-0.1, -0.05) is 84.9 Å². The molecule has 0 spiro atoms. The normalized spacial score (nSPS) is 24.4. The van der Waals surface area contributed by atoms with Crippen molar-refractivity contribution < 1.29 is 33.7 Å². The molecule has 9 heteroatoms. The van der Waals surface area contributed by atoms with Gasteiger partial charge in [0.1, 0.15) is 24.6 Å². The van der Waals surface area contributed by atoms with E-state index >= 15 is 0 Å². The van der Waals surface area contributed by atoms with Gasteiger partial charge < -0.3 is 24.6 Å². The Morgan fingerprint density at radius 3 is 2.33 bits per heavy atom. The third kappa shape index (κ3) is 6.47. The molecule has 48 heavy (non-hydrogen) atoms. The molecule has 1 fully saturated rings. The highest BCUT2D eigenvalue weighted by Gasteiger charge is 2.47. The number of nitrogens with one attached hydrogen (secondary N) is 1. The van der Waals surface area contributed by atoms with Crippen LogP contribution < -0.4 is 10.1 Å². The lowest BCUT2D eigenvalue weighted by Gasteiger charge is -2.38. The fourth-order valence-corrected chi connectivity index (χ4v) is 6.91. The Labute approximate surface area is 278 Å². The van der Waals surface area contributed by atoms with Crippen molar-refractivity contribution >= 4 is 17.8 Å². The Kier molecular flexibility index (Phi) is 9.05. The van der Waals surface area contributed by atoms with Gasteiger partial charge in [0, 0.05) is 30.6 Å². The topological polar surface area (TPSA) is 114 Å². The molecule has 3 heterocycles. The van der Waals surface area contributed by atoms with Crippen LogP contribution in [0.2, 0.25) is 0 Å². The second-order valence-electron chi connectivity index (χ2n) is 12.3. The Bertz CT molecular complexity index is 1830. The largest absolute Gasteiger partial charge is 0.489 e. The number of aliphatic hydroxyl groups excluding tert-OH is 1. The van der Waals surface area contributed by atoms with Gasteiger partial charge in [0.25, 0.3) is 5.91 Å². The number of amides is 1. The van der Waals surface area contributed by atoms with Crippen molar-refractivity contribution in [2.75, 3.05) is 13.2 Å². The molecule has 7 rings (SSSR count). The number of fused-ring (bicyclic) bond motifs is 2. The number of aliphatic hydroxyl groups is 1. The highest BCUT2D eigenvalue weighted by molar-refractivity contribution is 5.95. The molecule has 5 atom stereocenters. The van der Waals surface area contributed by atoms with E-state index in [1.165, 1.54) is 0 Å². The Balaban J connectivity index is 1.23. The molecule has 3 aliphatic rings. The van der Waals surface area contributed by atoms with Crippen LogP contribution in [0.25, 0.3) is 0 Å². The summed E-state index contributed by atoms with van der Waals surface area (Å²) in [4.78, 5) is 42.6. The zero-order chi connectivity index (χ0) is 33.0. The summed E-state index contributed by atoms with van der Waals surface area (Å²) >= 11 is 0. The van der Waals surface area contributed by atoms with Crippen molar-refractivity contribution in [3.05, 3.63) is 149 Å². The minimum atomic E-state index is -1.69. The van der Waals surface area contributed by atoms with Crippen LogP contribution in [-0.4, -0.2) is 59.3 Å². The monoisotopic (exact) mass is 644 g/mol. The number of benzene rings is 4. The van der Waals surface area contributed by atoms with E-state index in [0.29, 0.717) is 48.4 Å². The summed E-state index contributed by atoms with van der Waals surface area (Å²) in [5.74, 6) is -1.09. The van der Waals surface area contributed by atoms with Crippen molar-refractivity contribution in [1.82, 2.24) is 10.2 Å². The molecule has 3 bridgehead atoms. The van der Waals surface area contributed by atoms with E-state index < -0.39 is 42.2 Å². The van der Waals surface area contributed by atoms with Gasteiger partial charge in [-0.2, -0.15) is 0 Å². The highest BCUT2D eigenvalue weighted by atomic mass is 16.6. The standard InChI is InChI=1S/C39H36N2O7/c42-35-34(40-37(43)26-14-3-1-4-15-26)30-19-8-7-12-25(30)13-9-10-21-46-32-20-11-18-28-23-41-24-29(47-39(35)45)22-31(41)36(33(28)32)48-38(44)27-16-5-2-6-17-27/h1-12,14-20,29,31,34-36,42H,13,21-24H2,(H,40,43)/b10-9+/t29-,31-,34-,35+,36+/m0/s1. The maximum atomic E-state index is 13.7. The lowest BCUT2D eigenvalue weighted by Crippen LogP contribution is -2.43. The minimum absolute atomic E-state index is 0.271. The number of esters is 2. The van der Waals surface area contributed by atoms with E-state index in [-0.39, 0.29) is 12.6 Å². The number of rotatable bonds is 4. The average molecular weight is 645 g/mol. The third-order valence-electron chi connectivity index (χ3n) is 9.21. The van der Waals surface area contributed by atoms with Crippen LogP contribution in [0.3, 0.4) is 0 Å². The summed E-state index contributed by atoms with van der Waals surface area (Å²) in [6.07, 6.45) is 1.72. The van der Waals surface area contributed by atoms with Gasteiger partial charge in [0.2, 0.25) is 0 Å². The Hall–Kier alpha value is -5.25. The van der Waals surface area contributed by atoms with Gasteiger partial charge >= 0.3 is 11.9 Å². The SMILES string of the molecule is O=C(N[C@H]1c2ccccc2C/C=C/COc2cccc3c2[C@H](OC(=O)c2ccccc2)[C@@H]2C[C@@H](CN2C3)OC(=O)[C@@H]1O)c1ccccc1. The number of hydrogen-bond donors (Lipinski definition) is 2. The van der Waals surface area contributed by atoms with Crippen molar-refractivity contribution in [3.63, 3.8) is 0 Å². The van der Waals surface area contributed by atoms with Crippen molar-refractivity contribution in [1.29, 1.82) is 0 Å². The van der Waals surface area contributed by atoms with Crippen LogP contribution >= 0.6 is 0 Å². The van der Waals surface area contributed by atoms with Crippen LogP contribution in [0.1, 0.15) is 61.5 Å². The molecule has 244 valence electrons. The molecule has 0 unspecified atom stereocenters. The van der Waals surface area contributed by atoms with Crippen LogP contribution in [0, 0.1) is 0 Å².